The van der Waals surface area contributed by atoms with Crippen molar-refractivity contribution in [2.45, 2.75) is 148 Å². The maximum atomic E-state index is 13.7. The lowest BCUT2D eigenvalue weighted by Crippen LogP contribution is -2.61. The van der Waals surface area contributed by atoms with Crippen molar-refractivity contribution in [1.29, 1.82) is 0 Å². The highest BCUT2D eigenvalue weighted by molar-refractivity contribution is 5.82. The van der Waals surface area contributed by atoms with Crippen LogP contribution in [0.15, 0.2) is 47.8 Å². The molecule has 0 aromatic rings. The van der Waals surface area contributed by atoms with Gasteiger partial charge in [0.05, 0.1) is 37.9 Å². The van der Waals surface area contributed by atoms with Crippen molar-refractivity contribution in [2.24, 2.45) is 16.7 Å². The maximum absolute atomic E-state index is 13.7. The molecule has 7 atom stereocenters. The number of aliphatic hydroxyl groups excluding tert-OH is 1. The molecule has 280 valence electrons. The van der Waals surface area contributed by atoms with Crippen LogP contribution in [-0.2, 0) is 42.8 Å². The van der Waals surface area contributed by atoms with Crippen LogP contribution in [0, 0.1) is 16.7 Å². The summed E-state index contributed by atoms with van der Waals surface area (Å²) in [5.74, 6) is -3.25. The van der Waals surface area contributed by atoms with E-state index in [2.05, 4.69) is 6.58 Å². The van der Waals surface area contributed by atoms with Crippen LogP contribution < -0.4 is 0 Å². The highest BCUT2D eigenvalue weighted by Gasteiger charge is 2.59. The van der Waals surface area contributed by atoms with Crippen molar-refractivity contribution < 1.29 is 53.0 Å². The number of rotatable bonds is 3. The van der Waals surface area contributed by atoms with Crippen molar-refractivity contribution in [1.82, 2.24) is 0 Å². The van der Waals surface area contributed by atoms with E-state index in [1.807, 2.05) is 32.1 Å². The number of ether oxygens (including phenoxy) is 6. The second-order valence-electron chi connectivity index (χ2n) is 16.4. The Bertz CT molecular complexity index is 1370. The summed E-state index contributed by atoms with van der Waals surface area (Å²) < 4.78 is 36.0. The second kappa shape index (κ2) is 15.7. The Labute approximate surface area is 297 Å². The van der Waals surface area contributed by atoms with Crippen molar-refractivity contribution >= 4 is 17.9 Å². The van der Waals surface area contributed by atoms with Gasteiger partial charge in [-0.25, -0.2) is 4.79 Å². The van der Waals surface area contributed by atoms with Crippen molar-refractivity contribution in [2.75, 3.05) is 13.7 Å². The van der Waals surface area contributed by atoms with Crippen LogP contribution >= 0.6 is 0 Å². The molecule has 0 radical (unpaired) electrons. The first-order chi connectivity index (χ1) is 23.2. The van der Waals surface area contributed by atoms with Gasteiger partial charge in [-0.15, -0.1) is 0 Å². The summed E-state index contributed by atoms with van der Waals surface area (Å²) >= 11 is 0. The first kappa shape index (κ1) is 39.8. The molecule has 4 rings (SSSR count). The van der Waals surface area contributed by atoms with Crippen LogP contribution in [0.2, 0.25) is 0 Å². The zero-order chi connectivity index (χ0) is 37.1. The molecule has 0 unspecified atom stereocenters. The van der Waals surface area contributed by atoms with E-state index < -0.39 is 70.5 Å². The average molecular weight is 703 g/mol. The van der Waals surface area contributed by atoms with Crippen molar-refractivity contribution in [3.8, 4) is 0 Å². The summed E-state index contributed by atoms with van der Waals surface area (Å²) in [7, 11) is 1.33. The second-order valence-corrected chi connectivity index (χ2v) is 16.4. The molecule has 0 aromatic heterocycles. The minimum atomic E-state index is -1.83. The third-order valence-corrected chi connectivity index (χ3v) is 10.2. The van der Waals surface area contributed by atoms with E-state index >= 15 is 0 Å². The molecule has 11 nitrogen and oxygen atoms in total. The van der Waals surface area contributed by atoms with Gasteiger partial charge in [-0.3, -0.25) is 9.59 Å². The predicted octanol–water partition coefficient (Wildman–Crippen LogP) is 5.77. The summed E-state index contributed by atoms with van der Waals surface area (Å²) in [6.45, 7) is 16.8. The van der Waals surface area contributed by atoms with Gasteiger partial charge in [-0.2, -0.15) is 0 Å². The monoisotopic (exact) mass is 702 g/mol. The number of carbonyl (C=O) groups excluding carboxylic acids is 3. The lowest BCUT2D eigenvalue weighted by Gasteiger charge is -2.53. The highest BCUT2D eigenvalue weighted by atomic mass is 16.6. The molecule has 0 saturated carbocycles. The quantitative estimate of drug-likeness (QED) is 0.160. The van der Waals surface area contributed by atoms with Gasteiger partial charge in [0, 0.05) is 42.6 Å². The molecule has 4 heterocycles. The van der Waals surface area contributed by atoms with Crippen molar-refractivity contribution in [3.63, 3.8) is 0 Å². The molecule has 0 aromatic carbocycles. The largest absolute Gasteiger partial charge is 0.493 e. The number of fused-ring (bicyclic) bond motifs is 6. The first-order valence-electron chi connectivity index (χ1n) is 17.9. The molecule has 11 heteroatoms. The summed E-state index contributed by atoms with van der Waals surface area (Å²) in [5.41, 5.74) is -0.770. The molecule has 0 aliphatic carbocycles. The van der Waals surface area contributed by atoms with Gasteiger partial charge in [0.1, 0.15) is 23.6 Å². The number of hydrogen-bond acceptors (Lipinski definition) is 11. The van der Waals surface area contributed by atoms with Crippen LogP contribution in [0.5, 0.6) is 0 Å². The summed E-state index contributed by atoms with van der Waals surface area (Å²) in [6.07, 6.45) is 7.30. The zero-order valence-corrected chi connectivity index (χ0v) is 31.1. The van der Waals surface area contributed by atoms with Gasteiger partial charge in [0.2, 0.25) is 0 Å². The van der Waals surface area contributed by atoms with Crippen molar-refractivity contribution in [3.05, 3.63) is 47.8 Å². The fourth-order valence-electron chi connectivity index (χ4n) is 7.28. The number of carbonyl (C=O) groups is 3. The van der Waals surface area contributed by atoms with Crippen LogP contribution in [0.1, 0.15) is 106 Å². The minimum Gasteiger partial charge on any atom is -0.493 e. The Balaban J connectivity index is 1.74. The molecule has 4 aliphatic heterocycles. The van der Waals surface area contributed by atoms with Crippen LogP contribution in [0.3, 0.4) is 0 Å². The number of allylic oxidation sites excluding steroid dienone is 2. The molecule has 4 aliphatic rings. The first-order valence-corrected chi connectivity index (χ1v) is 17.9. The third kappa shape index (κ3) is 10.1. The number of hydrogen-bond donors (Lipinski definition) is 2. The van der Waals surface area contributed by atoms with E-state index in [4.69, 9.17) is 28.4 Å². The molecule has 2 saturated heterocycles. The topological polar surface area (TPSA) is 147 Å². The van der Waals surface area contributed by atoms with E-state index in [9.17, 15) is 24.6 Å². The number of aliphatic hydroxyl groups is 2. The van der Waals surface area contributed by atoms with Gasteiger partial charge >= 0.3 is 17.9 Å². The van der Waals surface area contributed by atoms with Gasteiger partial charge in [-0.1, -0.05) is 38.2 Å². The Morgan fingerprint density at radius 1 is 1.06 bits per heavy atom. The molecule has 6 bridgehead atoms. The van der Waals surface area contributed by atoms with Gasteiger partial charge in [0.25, 0.3) is 0 Å². The van der Waals surface area contributed by atoms with Gasteiger partial charge in [0.15, 0.2) is 5.79 Å². The van der Waals surface area contributed by atoms with E-state index in [1.54, 1.807) is 34.6 Å². The summed E-state index contributed by atoms with van der Waals surface area (Å²) in [5, 5.41) is 22.6. The fourth-order valence-corrected chi connectivity index (χ4v) is 7.28. The number of esters is 3. The lowest BCUT2D eigenvalue weighted by molar-refractivity contribution is -0.338. The Kier molecular flexibility index (Phi) is 12.5. The summed E-state index contributed by atoms with van der Waals surface area (Å²) in [4.78, 5) is 39.0. The molecule has 0 amide bonds. The number of methoxy groups -OCH3 is 1. The maximum Gasteiger partial charge on any atom is 0.330 e. The normalized spacial score (nSPS) is 35.1. The average Bonchev–Trinajstić information content (AvgIpc) is 2.99. The van der Waals surface area contributed by atoms with Crippen LogP contribution in [0.25, 0.3) is 0 Å². The van der Waals surface area contributed by atoms with Gasteiger partial charge < -0.3 is 38.6 Å². The molecule has 0 spiro atoms. The zero-order valence-electron chi connectivity index (χ0n) is 31.1. The van der Waals surface area contributed by atoms with Gasteiger partial charge in [-0.05, 0) is 78.4 Å². The Morgan fingerprint density at radius 2 is 1.78 bits per heavy atom. The highest BCUT2D eigenvalue weighted by Crippen LogP contribution is 2.51. The lowest BCUT2D eigenvalue weighted by atomic mass is 9.65. The van der Waals surface area contributed by atoms with E-state index in [0.29, 0.717) is 44.3 Å². The molecule has 2 fully saturated rings. The van der Waals surface area contributed by atoms with E-state index in [1.165, 1.54) is 13.2 Å². The molecular formula is C39H58O11. The summed E-state index contributed by atoms with van der Waals surface area (Å²) in [6, 6.07) is 0. The molecule has 2 N–H and O–H groups in total. The fraction of sp³-hybridized carbons (Fsp3) is 0.718. The molecule has 50 heavy (non-hydrogen) atoms. The van der Waals surface area contributed by atoms with E-state index in [0.717, 1.165) is 11.1 Å². The minimum absolute atomic E-state index is 0.0119. The predicted molar refractivity (Wildman–Crippen MR) is 185 cm³/mol. The van der Waals surface area contributed by atoms with Crippen LogP contribution in [-0.4, -0.2) is 83.7 Å². The standard InChI is InChI=1S/C39H58O11/c1-24-15-28-20-30(23-40)48-33(41)12-10-11-27-21-31(35(43)50-36(2,3)4)38(7,8)39(44,49-27)22-29-18-25(19-34(42)45-9)17-26(46-29)13-14-37(5,6)32(16-24)47-28/h13-14,16,19,26-31,40,44H,1,10-12,15,17-18,20-23H2,2-9H3/b14-13+,25-19+/t26-,27+,28-,29-,30+,31+,39-/m0/s1. The number of cyclic esters (lactones) is 1. The SMILES string of the molecule is C=C1C=C2O[C@@H](C1)C[C@H](CO)OC(=O)CCC[C@@H]1C[C@H](C(=O)OC(C)(C)C)C(C)(C)[C@](O)(C[C@@H]3C/C(=C/C(=O)OC)C[C@H](/C=C/C2(C)C)O3)O1. The molecular weight excluding hydrogens is 644 g/mol. The Morgan fingerprint density at radius 3 is 2.44 bits per heavy atom. The van der Waals surface area contributed by atoms with E-state index in [-0.39, 0.29) is 32.0 Å². The Hall–Kier alpha value is -2.99. The third-order valence-electron chi connectivity index (χ3n) is 10.2. The van der Waals surface area contributed by atoms with Crippen LogP contribution in [0.4, 0.5) is 0 Å². The smallest absolute Gasteiger partial charge is 0.330 e.